The molecule has 6 heteroatoms. The van der Waals surface area contributed by atoms with Crippen LogP contribution >= 0.6 is 11.6 Å². The second kappa shape index (κ2) is 8.06. The number of hydrogen-bond donors (Lipinski definition) is 1. The Bertz CT molecular complexity index is 741. The number of Topliss-reactive ketones (excluding diaryl/α,β-unsaturated/α-hetero) is 1. The highest BCUT2D eigenvalue weighted by molar-refractivity contribution is 6.30. The molecule has 0 aliphatic heterocycles. The minimum Gasteiger partial charge on any atom is -0.309 e. The second-order valence-corrected chi connectivity index (χ2v) is 5.30. The van der Waals surface area contributed by atoms with Gasteiger partial charge < -0.3 is 5.32 Å². The first-order chi connectivity index (χ1) is 11.1. The summed E-state index contributed by atoms with van der Waals surface area (Å²) in [5.41, 5.74) is 0.882. The summed E-state index contributed by atoms with van der Waals surface area (Å²) in [6, 6.07) is 13.9. The molecule has 1 amide bonds. The molecule has 0 radical (unpaired) electrons. The van der Waals surface area contributed by atoms with Gasteiger partial charge in [-0.2, -0.15) is 5.26 Å². The summed E-state index contributed by atoms with van der Waals surface area (Å²) in [5.74, 6) is -2.14. The molecule has 0 aliphatic rings. The fourth-order valence-electron chi connectivity index (χ4n) is 2.02. The average Bonchev–Trinajstić information content (AvgIpc) is 2.54. The number of aryl methyl sites for hydroxylation is 1. The van der Waals surface area contributed by atoms with Gasteiger partial charge in [0.05, 0.1) is 6.07 Å². The smallest absolute Gasteiger partial charge is 0.250 e. The van der Waals surface area contributed by atoms with Gasteiger partial charge in [-0.3, -0.25) is 9.59 Å². The Balaban J connectivity index is 1.95. The summed E-state index contributed by atoms with van der Waals surface area (Å²) >= 11 is 5.88. The van der Waals surface area contributed by atoms with Crippen molar-refractivity contribution in [1.82, 2.24) is 4.98 Å². The number of nitrogens with one attached hydrogen (secondary N) is 1. The summed E-state index contributed by atoms with van der Waals surface area (Å²) in [6.45, 7) is 0. The average molecular weight is 328 g/mol. The molecule has 1 aromatic carbocycles. The van der Waals surface area contributed by atoms with Gasteiger partial charge in [-0.05, 0) is 36.2 Å². The Kier molecular flexibility index (Phi) is 5.84. The largest absolute Gasteiger partial charge is 0.309 e. The molecule has 0 bridgehead atoms. The zero-order chi connectivity index (χ0) is 16.7. The van der Waals surface area contributed by atoms with Gasteiger partial charge in [0.1, 0.15) is 5.82 Å². The van der Waals surface area contributed by atoms with E-state index >= 15 is 0 Å². The predicted octanol–water partition coefficient (Wildman–Crippen LogP) is 3.02. The first kappa shape index (κ1) is 16.7. The molecule has 116 valence electrons. The molecular formula is C17H14ClN3O2. The lowest BCUT2D eigenvalue weighted by Crippen LogP contribution is -2.29. The molecule has 2 rings (SSSR count). The molecule has 0 fully saturated rings. The Labute approximate surface area is 138 Å². The molecular weight excluding hydrogens is 314 g/mol. The van der Waals surface area contributed by atoms with Crippen molar-refractivity contribution < 1.29 is 9.59 Å². The number of anilines is 1. The van der Waals surface area contributed by atoms with E-state index in [-0.39, 0.29) is 6.42 Å². The van der Waals surface area contributed by atoms with Gasteiger partial charge in [0, 0.05) is 17.6 Å². The number of carbonyl (C=O) groups is 2. The van der Waals surface area contributed by atoms with Crippen molar-refractivity contribution in [2.45, 2.75) is 12.8 Å². The maximum Gasteiger partial charge on any atom is 0.250 e. The third-order valence-electron chi connectivity index (χ3n) is 3.18. The van der Waals surface area contributed by atoms with Crippen LogP contribution < -0.4 is 5.32 Å². The van der Waals surface area contributed by atoms with Gasteiger partial charge in [-0.1, -0.05) is 29.8 Å². The van der Waals surface area contributed by atoms with Crippen LogP contribution in [0.3, 0.4) is 0 Å². The molecule has 0 spiro atoms. The number of hydrogen-bond acceptors (Lipinski definition) is 4. The van der Waals surface area contributed by atoms with E-state index in [0.717, 1.165) is 5.56 Å². The van der Waals surface area contributed by atoms with E-state index in [1.807, 2.05) is 6.07 Å². The van der Waals surface area contributed by atoms with Crippen LogP contribution in [-0.2, 0) is 16.0 Å². The number of nitrogens with zero attached hydrogens (tertiary/aromatic N) is 2. The van der Waals surface area contributed by atoms with Crippen LogP contribution in [0.25, 0.3) is 0 Å². The number of nitriles is 1. The van der Waals surface area contributed by atoms with Crippen molar-refractivity contribution >= 4 is 29.1 Å². The molecule has 5 nitrogen and oxygen atoms in total. The van der Waals surface area contributed by atoms with Gasteiger partial charge in [0.2, 0.25) is 0 Å². The fraction of sp³-hybridized carbons (Fsp3) is 0.176. The number of benzene rings is 1. The lowest BCUT2D eigenvalue weighted by atomic mass is 9.98. The summed E-state index contributed by atoms with van der Waals surface area (Å²) < 4.78 is 0. The zero-order valence-electron chi connectivity index (χ0n) is 12.2. The van der Waals surface area contributed by atoms with E-state index in [9.17, 15) is 9.59 Å². The fourth-order valence-corrected chi connectivity index (χ4v) is 2.23. The van der Waals surface area contributed by atoms with Gasteiger partial charge in [0.15, 0.2) is 11.7 Å². The highest BCUT2D eigenvalue weighted by atomic mass is 35.5. The van der Waals surface area contributed by atoms with Crippen molar-refractivity contribution in [3.05, 3.63) is 59.2 Å². The number of rotatable bonds is 6. The molecule has 1 aromatic heterocycles. The number of aromatic nitrogens is 1. The van der Waals surface area contributed by atoms with Gasteiger partial charge in [-0.15, -0.1) is 0 Å². The second-order valence-electron chi connectivity index (χ2n) is 4.86. The third kappa shape index (κ3) is 4.90. The summed E-state index contributed by atoms with van der Waals surface area (Å²) in [6.07, 6.45) is 2.03. The number of ketones is 1. The number of carbonyl (C=O) groups excluding carboxylic acids is 2. The number of halogens is 1. The molecule has 1 heterocycles. The van der Waals surface area contributed by atoms with Gasteiger partial charge in [0.25, 0.3) is 5.91 Å². The SMILES string of the molecule is N#C[C@@H](C(=O)CCc1cccc(Cl)c1)C(=O)Nc1ccccn1. The van der Waals surface area contributed by atoms with E-state index in [1.54, 1.807) is 42.5 Å². The molecule has 1 atom stereocenters. The van der Waals surface area contributed by atoms with Crippen LogP contribution in [-0.4, -0.2) is 16.7 Å². The van der Waals surface area contributed by atoms with E-state index in [4.69, 9.17) is 16.9 Å². The van der Waals surface area contributed by atoms with Crippen LogP contribution in [0.2, 0.25) is 5.02 Å². The predicted molar refractivity (Wildman–Crippen MR) is 86.7 cm³/mol. The highest BCUT2D eigenvalue weighted by Crippen LogP contribution is 2.14. The lowest BCUT2D eigenvalue weighted by Gasteiger charge is -2.09. The normalized spacial score (nSPS) is 11.3. The summed E-state index contributed by atoms with van der Waals surface area (Å²) in [7, 11) is 0. The van der Waals surface area contributed by atoms with Crippen molar-refractivity contribution in [3.8, 4) is 6.07 Å². The van der Waals surface area contributed by atoms with Crippen molar-refractivity contribution in [2.24, 2.45) is 5.92 Å². The van der Waals surface area contributed by atoms with Crippen LogP contribution in [0.5, 0.6) is 0 Å². The van der Waals surface area contributed by atoms with E-state index < -0.39 is 17.6 Å². The maximum absolute atomic E-state index is 12.1. The van der Waals surface area contributed by atoms with E-state index in [1.165, 1.54) is 6.20 Å². The van der Waals surface area contributed by atoms with Crippen LogP contribution in [0.4, 0.5) is 5.82 Å². The molecule has 1 N–H and O–H groups in total. The molecule has 0 saturated heterocycles. The Hall–Kier alpha value is -2.71. The highest BCUT2D eigenvalue weighted by Gasteiger charge is 2.26. The molecule has 23 heavy (non-hydrogen) atoms. The Morgan fingerprint density at radius 3 is 2.74 bits per heavy atom. The first-order valence-electron chi connectivity index (χ1n) is 6.99. The number of pyridine rings is 1. The molecule has 2 aromatic rings. The van der Waals surface area contributed by atoms with Crippen molar-refractivity contribution in [1.29, 1.82) is 5.26 Å². The standard InChI is InChI=1S/C17H14ClN3O2/c18-13-5-3-4-12(10-13)7-8-15(22)14(11-19)17(23)21-16-6-1-2-9-20-16/h1-6,9-10,14H,7-8H2,(H,20,21,23)/t14-/m0/s1. The van der Waals surface area contributed by atoms with Crippen LogP contribution in [0.1, 0.15) is 12.0 Å². The zero-order valence-corrected chi connectivity index (χ0v) is 13.0. The quantitative estimate of drug-likeness (QED) is 0.827. The molecule has 0 aliphatic carbocycles. The minimum absolute atomic E-state index is 0.0915. The topological polar surface area (TPSA) is 82.8 Å². The van der Waals surface area contributed by atoms with Crippen LogP contribution in [0, 0.1) is 17.2 Å². The van der Waals surface area contributed by atoms with E-state index in [2.05, 4.69) is 10.3 Å². The maximum atomic E-state index is 12.1. The Morgan fingerprint density at radius 1 is 1.26 bits per heavy atom. The molecule has 0 saturated carbocycles. The van der Waals surface area contributed by atoms with Gasteiger partial charge in [-0.25, -0.2) is 4.98 Å². The lowest BCUT2D eigenvalue weighted by molar-refractivity contribution is -0.128. The summed E-state index contributed by atoms with van der Waals surface area (Å²) in [4.78, 5) is 28.1. The summed E-state index contributed by atoms with van der Waals surface area (Å²) in [5, 5.41) is 12.2. The monoisotopic (exact) mass is 327 g/mol. The van der Waals surface area contributed by atoms with Crippen molar-refractivity contribution in [2.75, 3.05) is 5.32 Å². The van der Waals surface area contributed by atoms with Crippen LogP contribution in [0.15, 0.2) is 48.7 Å². The van der Waals surface area contributed by atoms with Crippen molar-refractivity contribution in [3.63, 3.8) is 0 Å². The minimum atomic E-state index is -1.35. The third-order valence-corrected chi connectivity index (χ3v) is 3.41. The number of amides is 1. The molecule has 0 unspecified atom stereocenters. The first-order valence-corrected chi connectivity index (χ1v) is 7.36. The van der Waals surface area contributed by atoms with Gasteiger partial charge >= 0.3 is 0 Å². The van der Waals surface area contributed by atoms with E-state index in [0.29, 0.717) is 17.3 Å². The Morgan fingerprint density at radius 2 is 2.09 bits per heavy atom.